The molecule has 1 saturated heterocycles. The summed E-state index contributed by atoms with van der Waals surface area (Å²) in [6.07, 6.45) is 3.85. The Morgan fingerprint density at radius 1 is 1.03 bits per heavy atom. The van der Waals surface area contributed by atoms with Crippen LogP contribution in [0.3, 0.4) is 0 Å². The lowest BCUT2D eigenvalue weighted by atomic mass is 9.82. The lowest BCUT2D eigenvalue weighted by Crippen LogP contribution is -2.42. The third-order valence-electron chi connectivity index (χ3n) is 5.91. The van der Waals surface area contributed by atoms with Crippen molar-refractivity contribution >= 4 is 22.5 Å². The van der Waals surface area contributed by atoms with E-state index in [2.05, 4.69) is 15.6 Å². The third-order valence-corrected chi connectivity index (χ3v) is 5.91. The van der Waals surface area contributed by atoms with Crippen LogP contribution < -0.4 is 10.6 Å². The van der Waals surface area contributed by atoms with Gasteiger partial charge in [0.25, 0.3) is 0 Å². The normalized spacial score (nSPS) is 18.7. The molecule has 7 nitrogen and oxygen atoms in total. The van der Waals surface area contributed by atoms with Crippen LogP contribution in [0.2, 0.25) is 0 Å². The van der Waals surface area contributed by atoms with E-state index in [4.69, 9.17) is 0 Å². The Kier molecular flexibility index (Phi) is 4.15. The summed E-state index contributed by atoms with van der Waals surface area (Å²) < 4.78 is 0. The van der Waals surface area contributed by atoms with Gasteiger partial charge in [0, 0.05) is 36.5 Å². The molecule has 1 aliphatic carbocycles. The van der Waals surface area contributed by atoms with Crippen molar-refractivity contribution in [1.82, 2.24) is 15.6 Å². The Bertz CT molecular complexity index is 1160. The molecule has 2 aliphatic rings. The summed E-state index contributed by atoms with van der Waals surface area (Å²) in [5.74, 6) is -1.49. The molecule has 5 rings (SSSR count). The molecule has 0 radical (unpaired) electrons. The van der Waals surface area contributed by atoms with Gasteiger partial charge in [-0.25, -0.2) is 0 Å². The molecule has 2 aromatic carbocycles. The standard InChI is InChI=1S/C22H21N3O4/c26-19-13-5-1-2-6-14(13)20(27)17-16(19)21(28)15-11(9-25-18(15)22(17)29)8-24-12-4-3-7-23-10-12/h1-2,5-6,9,12,23-25,28-29H,3-4,7-8,10H2. The Balaban J connectivity index is 1.62. The minimum atomic E-state index is -0.465. The SMILES string of the molecule is O=C1c2ccccc2C(=O)c2c1c(O)c1[nH]cc(CNC3CCCNC3)c1c2O. The number of phenolic OH excluding ortho intramolecular Hbond substituents is 2. The summed E-state index contributed by atoms with van der Waals surface area (Å²) in [6, 6.07) is 6.78. The lowest BCUT2D eigenvalue weighted by molar-refractivity contribution is 0.0974. The zero-order valence-electron chi connectivity index (χ0n) is 15.7. The van der Waals surface area contributed by atoms with Crippen LogP contribution in [0, 0.1) is 0 Å². The fraction of sp³-hybridized carbons (Fsp3) is 0.273. The minimum Gasteiger partial charge on any atom is -0.506 e. The molecule has 1 unspecified atom stereocenters. The quantitative estimate of drug-likeness (QED) is 0.342. The van der Waals surface area contributed by atoms with Gasteiger partial charge in [0.1, 0.15) is 5.75 Å². The zero-order valence-corrected chi connectivity index (χ0v) is 15.7. The molecular formula is C22H21N3O4. The monoisotopic (exact) mass is 391 g/mol. The summed E-state index contributed by atoms with van der Waals surface area (Å²) in [5, 5.41) is 29.0. The molecule has 1 fully saturated rings. The van der Waals surface area contributed by atoms with Crippen molar-refractivity contribution < 1.29 is 19.8 Å². The maximum absolute atomic E-state index is 13.1. The predicted molar refractivity (Wildman–Crippen MR) is 108 cm³/mol. The number of benzene rings is 2. The van der Waals surface area contributed by atoms with Crippen LogP contribution in [0.5, 0.6) is 11.5 Å². The topological polar surface area (TPSA) is 114 Å². The van der Waals surface area contributed by atoms with Crippen LogP contribution >= 0.6 is 0 Å². The summed E-state index contributed by atoms with van der Waals surface area (Å²) in [6.45, 7) is 2.36. The van der Waals surface area contributed by atoms with Gasteiger partial charge in [-0.2, -0.15) is 0 Å². The molecule has 0 amide bonds. The van der Waals surface area contributed by atoms with Crippen LogP contribution in [-0.2, 0) is 6.54 Å². The summed E-state index contributed by atoms with van der Waals surface area (Å²) in [5.41, 5.74) is 1.20. The molecule has 7 heteroatoms. The van der Waals surface area contributed by atoms with Crippen LogP contribution in [0.1, 0.15) is 50.2 Å². The van der Waals surface area contributed by atoms with E-state index >= 15 is 0 Å². The van der Waals surface area contributed by atoms with Crippen LogP contribution in [0.4, 0.5) is 0 Å². The van der Waals surface area contributed by atoms with Crippen LogP contribution in [0.25, 0.3) is 10.9 Å². The molecule has 148 valence electrons. The Morgan fingerprint density at radius 2 is 1.72 bits per heavy atom. The smallest absolute Gasteiger partial charge is 0.198 e. The Morgan fingerprint density at radius 3 is 2.38 bits per heavy atom. The highest BCUT2D eigenvalue weighted by molar-refractivity contribution is 6.32. The highest BCUT2D eigenvalue weighted by Gasteiger charge is 2.36. The van der Waals surface area contributed by atoms with Crippen molar-refractivity contribution in [3.63, 3.8) is 0 Å². The number of carbonyl (C=O) groups excluding carboxylic acids is 2. The molecule has 29 heavy (non-hydrogen) atoms. The van der Waals surface area contributed by atoms with Crippen molar-refractivity contribution in [3.05, 3.63) is 58.3 Å². The highest BCUT2D eigenvalue weighted by atomic mass is 16.3. The van der Waals surface area contributed by atoms with Crippen molar-refractivity contribution in [2.45, 2.75) is 25.4 Å². The number of ketones is 2. The second-order valence-electron chi connectivity index (χ2n) is 7.64. The van der Waals surface area contributed by atoms with Gasteiger partial charge in [-0.15, -0.1) is 0 Å². The van der Waals surface area contributed by atoms with Gasteiger partial charge in [0.15, 0.2) is 17.3 Å². The van der Waals surface area contributed by atoms with Crippen molar-refractivity contribution in [2.24, 2.45) is 0 Å². The average molecular weight is 391 g/mol. The van der Waals surface area contributed by atoms with E-state index in [0.29, 0.717) is 18.0 Å². The first-order valence-electron chi connectivity index (χ1n) is 9.78. The average Bonchev–Trinajstić information content (AvgIpc) is 3.18. The van der Waals surface area contributed by atoms with Crippen molar-refractivity contribution in [3.8, 4) is 11.5 Å². The van der Waals surface area contributed by atoms with Crippen LogP contribution in [-0.4, -0.2) is 45.9 Å². The molecule has 0 bridgehead atoms. The molecule has 2 heterocycles. The number of H-pyrrole nitrogens is 1. The molecular weight excluding hydrogens is 370 g/mol. The maximum atomic E-state index is 13.1. The number of aromatic amines is 1. The number of aromatic nitrogens is 1. The zero-order chi connectivity index (χ0) is 20.1. The number of rotatable bonds is 3. The number of carbonyl (C=O) groups is 2. The van der Waals surface area contributed by atoms with Gasteiger partial charge in [-0.3, -0.25) is 9.59 Å². The second kappa shape index (κ2) is 6.72. The molecule has 3 aromatic rings. The van der Waals surface area contributed by atoms with Gasteiger partial charge < -0.3 is 25.8 Å². The number of piperidine rings is 1. The summed E-state index contributed by atoms with van der Waals surface area (Å²) >= 11 is 0. The van der Waals surface area contributed by atoms with Gasteiger partial charge in [0.2, 0.25) is 0 Å². The fourth-order valence-corrected chi connectivity index (χ4v) is 4.42. The Hall–Kier alpha value is -3.16. The van der Waals surface area contributed by atoms with Crippen molar-refractivity contribution in [2.75, 3.05) is 13.1 Å². The fourth-order valence-electron chi connectivity index (χ4n) is 4.42. The third kappa shape index (κ3) is 2.66. The number of aromatic hydroxyl groups is 2. The molecule has 1 aliphatic heterocycles. The van der Waals surface area contributed by atoms with E-state index in [9.17, 15) is 19.8 Å². The highest BCUT2D eigenvalue weighted by Crippen LogP contribution is 2.45. The van der Waals surface area contributed by atoms with E-state index in [1.807, 2.05) is 0 Å². The lowest BCUT2D eigenvalue weighted by Gasteiger charge is -2.24. The molecule has 1 aromatic heterocycles. The predicted octanol–water partition coefficient (Wildman–Crippen LogP) is 2.20. The maximum Gasteiger partial charge on any atom is 0.198 e. The van der Waals surface area contributed by atoms with Gasteiger partial charge in [0.05, 0.1) is 22.0 Å². The summed E-state index contributed by atoms with van der Waals surface area (Å²) in [7, 11) is 0. The van der Waals surface area contributed by atoms with Gasteiger partial charge >= 0.3 is 0 Å². The van der Waals surface area contributed by atoms with E-state index < -0.39 is 11.6 Å². The first-order valence-corrected chi connectivity index (χ1v) is 9.78. The summed E-state index contributed by atoms with van der Waals surface area (Å²) in [4.78, 5) is 29.0. The number of nitrogens with one attached hydrogen (secondary N) is 3. The van der Waals surface area contributed by atoms with E-state index in [-0.39, 0.29) is 39.3 Å². The number of phenols is 2. The van der Waals surface area contributed by atoms with E-state index in [1.165, 1.54) is 0 Å². The molecule has 5 N–H and O–H groups in total. The van der Waals surface area contributed by atoms with E-state index in [0.717, 1.165) is 31.5 Å². The number of fused-ring (bicyclic) bond motifs is 3. The number of hydrogen-bond acceptors (Lipinski definition) is 6. The molecule has 1 atom stereocenters. The Labute approximate surface area is 166 Å². The van der Waals surface area contributed by atoms with Crippen LogP contribution in [0.15, 0.2) is 30.5 Å². The second-order valence-corrected chi connectivity index (χ2v) is 7.64. The number of hydrogen-bond donors (Lipinski definition) is 5. The molecule has 0 spiro atoms. The first kappa shape index (κ1) is 17.9. The largest absolute Gasteiger partial charge is 0.506 e. The van der Waals surface area contributed by atoms with Gasteiger partial charge in [-0.1, -0.05) is 24.3 Å². The van der Waals surface area contributed by atoms with Gasteiger partial charge in [-0.05, 0) is 24.9 Å². The van der Waals surface area contributed by atoms with E-state index in [1.54, 1.807) is 30.5 Å². The first-order chi connectivity index (χ1) is 14.1. The molecule has 0 saturated carbocycles. The minimum absolute atomic E-state index is 0.126. The van der Waals surface area contributed by atoms with Crippen molar-refractivity contribution in [1.29, 1.82) is 0 Å².